The summed E-state index contributed by atoms with van der Waals surface area (Å²) >= 11 is 15.3. The molecule has 0 spiro atoms. The van der Waals surface area contributed by atoms with E-state index in [1.165, 1.54) is 0 Å². The molecule has 0 saturated heterocycles. The fourth-order valence-corrected chi connectivity index (χ4v) is 2.18. The summed E-state index contributed by atoms with van der Waals surface area (Å²) in [6.45, 7) is 0. The van der Waals surface area contributed by atoms with Gasteiger partial charge in [-0.1, -0.05) is 51.3 Å². The first kappa shape index (κ1) is 12.7. The van der Waals surface area contributed by atoms with Crippen LogP contribution in [-0.2, 0) is 5.33 Å². The van der Waals surface area contributed by atoms with Crippen molar-refractivity contribution < 1.29 is 4.74 Å². The van der Waals surface area contributed by atoms with Crippen LogP contribution >= 0.6 is 39.1 Å². The summed E-state index contributed by atoms with van der Waals surface area (Å²) in [5, 5.41) is 1.74. The number of aromatic nitrogens is 1. The lowest BCUT2D eigenvalue weighted by atomic mass is 10.2. The fourth-order valence-electron chi connectivity index (χ4n) is 1.34. The molecular weight excluding hydrogens is 325 g/mol. The minimum absolute atomic E-state index is 0.523. The van der Waals surface area contributed by atoms with E-state index in [0.717, 1.165) is 5.56 Å². The average Bonchev–Trinajstić information content (AvgIpc) is 2.32. The molecule has 0 atom stereocenters. The number of rotatable bonds is 3. The zero-order valence-corrected chi connectivity index (χ0v) is 11.8. The van der Waals surface area contributed by atoms with E-state index in [9.17, 15) is 0 Å². The van der Waals surface area contributed by atoms with Crippen molar-refractivity contribution in [1.82, 2.24) is 4.98 Å². The predicted molar refractivity (Wildman–Crippen MR) is 73.4 cm³/mol. The number of halogens is 3. The number of pyridine rings is 1. The predicted octanol–water partition coefficient (Wildman–Crippen LogP) is 5.08. The number of nitrogens with zero attached hydrogens (tertiary/aromatic N) is 1. The molecule has 0 bridgehead atoms. The lowest BCUT2D eigenvalue weighted by Crippen LogP contribution is -1.91. The van der Waals surface area contributed by atoms with Crippen LogP contribution in [0.3, 0.4) is 0 Å². The van der Waals surface area contributed by atoms with E-state index in [2.05, 4.69) is 20.9 Å². The molecule has 0 radical (unpaired) electrons. The minimum Gasteiger partial charge on any atom is -0.454 e. The van der Waals surface area contributed by atoms with Gasteiger partial charge in [-0.2, -0.15) is 0 Å². The van der Waals surface area contributed by atoms with Gasteiger partial charge in [-0.3, -0.25) is 4.98 Å². The Balaban J connectivity index is 2.35. The summed E-state index contributed by atoms with van der Waals surface area (Å²) in [5.41, 5.74) is 0.970. The van der Waals surface area contributed by atoms with Gasteiger partial charge in [0.25, 0.3) is 0 Å². The fraction of sp³-hybridized carbons (Fsp3) is 0.0833. The summed E-state index contributed by atoms with van der Waals surface area (Å²) in [7, 11) is 0. The highest BCUT2D eigenvalue weighted by Crippen LogP contribution is 2.34. The van der Waals surface area contributed by atoms with Crippen LogP contribution in [0.15, 0.2) is 36.7 Å². The van der Waals surface area contributed by atoms with Crippen molar-refractivity contribution in [2.45, 2.75) is 5.33 Å². The minimum atomic E-state index is 0.523. The number of benzene rings is 1. The average molecular weight is 333 g/mol. The quantitative estimate of drug-likeness (QED) is 0.731. The largest absolute Gasteiger partial charge is 0.454 e. The first-order valence-electron chi connectivity index (χ1n) is 4.82. The van der Waals surface area contributed by atoms with E-state index in [1.54, 1.807) is 24.5 Å². The third-order valence-electron chi connectivity index (χ3n) is 2.09. The van der Waals surface area contributed by atoms with Gasteiger partial charge in [-0.05, 0) is 6.07 Å². The molecule has 1 aromatic carbocycles. The Morgan fingerprint density at radius 3 is 2.76 bits per heavy atom. The number of ether oxygens (including phenoxy) is 1. The first-order chi connectivity index (χ1) is 8.20. The van der Waals surface area contributed by atoms with E-state index in [1.807, 2.05) is 12.1 Å². The molecule has 5 heteroatoms. The monoisotopic (exact) mass is 331 g/mol. The van der Waals surface area contributed by atoms with Gasteiger partial charge in [0.2, 0.25) is 0 Å². The Morgan fingerprint density at radius 1 is 1.24 bits per heavy atom. The lowest BCUT2D eigenvalue weighted by Gasteiger charge is -2.11. The normalized spacial score (nSPS) is 10.3. The molecule has 1 heterocycles. The molecule has 88 valence electrons. The van der Waals surface area contributed by atoms with E-state index < -0.39 is 0 Å². The number of hydrogen-bond donors (Lipinski definition) is 0. The van der Waals surface area contributed by atoms with Crippen LogP contribution in [0.2, 0.25) is 10.0 Å². The summed E-state index contributed by atoms with van der Waals surface area (Å²) in [4.78, 5) is 3.95. The second-order valence-electron chi connectivity index (χ2n) is 3.30. The van der Waals surface area contributed by atoms with E-state index >= 15 is 0 Å². The van der Waals surface area contributed by atoms with Crippen molar-refractivity contribution in [3.05, 3.63) is 52.3 Å². The second kappa shape index (κ2) is 5.71. The van der Waals surface area contributed by atoms with Crippen molar-refractivity contribution in [2.75, 3.05) is 0 Å². The van der Waals surface area contributed by atoms with Crippen LogP contribution in [0, 0.1) is 0 Å². The van der Waals surface area contributed by atoms with Crippen molar-refractivity contribution in [2.24, 2.45) is 0 Å². The van der Waals surface area contributed by atoms with Crippen molar-refractivity contribution in [3.8, 4) is 11.5 Å². The standard InChI is InChI=1S/C12H8BrCl2NO/c13-5-8-2-1-3-11(15)12(8)17-10-4-9(14)6-16-7-10/h1-4,6-7H,5H2. The van der Waals surface area contributed by atoms with Crippen LogP contribution in [0.1, 0.15) is 5.56 Å². The Bertz CT molecular complexity index is 534. The highest BCUT2D eigenvalue weighted by molar-refractivity contribution is 9.08. The zero-order valence-electron chi connectivity index (χ0n) is 8.66. The van der Waals surface area contributed by atoms with Crippen molar-refractivity contribution >= 4 is 39.1 Å². The van der Waals surface area contributed by atoms with Gasteiger partial charge in [0.05, 0.1) is 16.2 Å². The summed E-state index contributed by atoms with van der Waals surface area (Å²) in [6, 6.07) is 7.28. The SMILES string of the molecule is Clc1cncc(Oc2c(Cl)cccc2CBr)c1. The Kier molecular flexibility index (Phi) is 4.26. The van der Waals surface area contributed by atoms with Crippen molar-refractivity contribution in [1.29, 1.82) is 0 Å². The van der Waals surface area contributed by atoms with Gasteiger partial charge in [-0.25, -0.2) is 0 Å². The lowest BCUT2D eigenvalue weighted by molar-refractivity contribution is 0.476. The highest BCUT2D eigenvalue weighted by Gasteiger charge is 2.09. The maximum atomic E-state index is 6.10. The van der Waals surface area contributed by atoms with Gasteiger partial charge in [0, 0.05) is 23.2 Å². The molecule has 0 amide bonds. The number of para-hydroxylation sites is 1. The van der Waals surface area contributed by atoms with Crippen LogP contribution < -0.4 is 4.74 Å². The maximum absolute atomic E-state index is 6.10. The molecule has 0 N–H and O–H groups in total. The maximum Gasteiger partial charge on any atom is 0.150 e. The molecule has 0 fully saturated rings. The molecule has 0 aliphatic carbocycles. The Labute approximate surface area is 118 Å². The molecule has 0 saturated carbocycles. The smallest absolute Gasteiger partial charge is 0.150 e. The topological polar surface area (TPSA) is 22.1 Å². The van der Waals surface area contributed by atoms with Gasteiger partial charge >= 0.3 is 0 Å². The van der Waals surface area contributed by atoms with Crippen molar-refractivity contribution in [3.63, 3.8) is 0 Å². The number of hydrogen-bond acceptors (Lipinski definition) is 2. The van der Waals surface area contributed by atoms with Crippen LogP contribution in [0.5, 0.6) is 11.5 Å². The summed E-state index contributed by atoms with van der Waals surface area (Å²) in [6.07, 6.45) is 3.14. The Hall–Kier alpha value is -0.770. The summed E-state index contributed by atoms with van der Waals surface area (Å²) < 4.78 is 5.70. The highest BCUT2D eigenvalue weighted by atomic mass is 79.9. The van der Waals surface area contributed by atoms with Gasteiger partial charge in [-0.15, -0.1) is 0 Å². The third-order valence-corrected chi connectivity index (χ3v) is 3.20. The van der Waals surface area contributed by atoms with Crippen LogP contribution in [0.4, 0.5) is 0 Å². The van der Waals surface area contributed by atoms with Gasteiger partial charge in [0.1, 0.15) is 11.5 Å². The summed E-state index contributed by atoms with van der Waals surface area (Å²) in [5.74, 6) is 1.18. The van der Waals surface area contributed by atoms with E-state index in [-0.39, 0.29) is 0 Å². The molecule has 0 unspecified atom stereocenters. The van der Waals surface area contributed by atoms with Gasteiger partial charge < -0.3 is 4.74 Å². The molecule has 1 aromatic heterocycles. The molecule has 17 heavy (non-hydrogen) atoms. The second-order valence-corrected chi connectivity index (χ2v) is 4.71. The number of alkyl halides is 1. The zero-order chi connectivity index (χ0) is 12.3. The molecule has 0 aliphatic heterocycles. The molecule has 2 nitrogen and oxygen atoms in total. The van der Waals surface area contributed by atoms with Crippen LogP contribution in [-0.4, -0.2) is 4.98 Å². The molecule has 0 aliphatic rings. The first-order valence-corrected chi connectivity index (χ1v) is 6.70. The molecular formula is C12H8BrCl2NO. The molecule has 2 rings (SSSR count). The van der Waals surface area contributed by atoms with Crippen LogP contribution in [0.25, 0.3) is 0 Å². The van der Waals surface area contributed by atoms with Gasteiger partial charge in [0.15, 0.2) is 0 Å². The third kappa shape index (κ3) is 3.12. The Morgan fingerprint density at radius 2 is 2.06 bits per heavy atom. The van der Waals surface area contributed by atoms with E-state index in [4.69, 9.17) is 27.9 Å². The van der Waals surface area contributed by atoms with E-state index in [0.29, 0.717) is 26.9 Å². The molecule has 2 aromatic rings.